The molecule has 16 heavy (non-hydrogen) atoms. The number of carboxylic acid groups (broad SMARTS) is 4. The zero-order valence-electron chi connectivity index (χ0n) is 8.58. The Balaban J connectivity index is -0.000000179. The number of hydrogen-bond acceptors (Lipinski definition) is 4. The topological polar surface area (TPSA) is 149 Å². The molecule has 0 spiro atoms. The van der Waals surface area contributed by atoms with Crippen molar-refractivity contribution in [1.29, 1.82) is 0 Å². The van der Waals surface area contributed by atoms with Gasteiger partial charge in [-0.3, -0.25) is 9.59 Å². The highest BCUT2D eigenvalue weighted by Gasteiger charge is 1.88. The first-order valence-electron chi connectivity index (χ1n) is 3.62. The van der Waals surface area contributed by atoms with Crippen molar-refractivity contribution in [3.63, 3.8) is 0 Å². The van der Waals surface area contributed by atoms with Crippen molar-refractivity contribution >= 4 is 23.9 Å². The van der Waals surface area contributed by atoms with Crippen molar-refractivity contribution in [3.8, 4) is 0 Å². The minimum absolute atomic E-state index is 0.558. The molecule has 0 amide bonds. The van der Waals surface area contributed by atoms with Crippen LogP contribution in [0.5, 0.6) is 0 Å². The molecule has 0 aromatic heterocycles. The van der Waals surface area contributed by atoms with E-state index in [1.807, 2.05) is 0 Å². The van der Waals surface area contributed by atoms with Crippen LogP contribution in [0.2, 0.25) is 0 Å². The van der Waals surface area contributed by atoms with E-state index in [2.05, 4.69) is 0 Å². The summed E-state index contributed by atoms with van der Waals surface area (Å²) in [5, 5.41) is 30.5. The van der Waals surface area contributed by atoms with E-state index in [1.165, 1.54) is 0 Å². The molecule has 0 atom stereocenters. The lowest BCUT2D eigenvalue weighted by atomic mass is 10.5. The van der Waals surface area contributed by atoms with E-state index < -0.39 is 23.9 Å². The van der Waals surface area contributed by atoms with Crippen LogP contribution in [0.1, 0.15) is 13.8 Å². The zero-order valence-corrected chi connectivity index (χ0v) is 8.58. The average Bonchev–Trinajstić information content (AvgIpc) is 1.98. The van der Waals surface area contributed by atoms with Crippen molar-refractivity contribution in [3.05, 3.63) is 12.2 Å². The Hall–Kier alpha value is -2.38. The number of carboxylic acids is 4. The molecule has 92 valence electrons. The number of aliphatic carboxylic acids is 4. The molecule has 0 saturated heterocycles. The van der Waals surface area contributed by atoms with Gasteiger partial charge in [0.25, 0.3) is 11.9 Å². The van der Waals surface area contributed by atoms with Gasteiger partial charge < -0.3 is 20.4 Å². The summed E-state index contributed by atoms with van der Waals surface area (Å²) >= 11 is 0. The first-order chi connectivity index (χ1) is 7.09. The van der Waals surface area contributed by atoms with Gasteiger partial charge in [0.2, 0.25) is 0 Å². The minimum atomic E-state index is -1.26. The Morgan fingerprint density at radius 3 is 0.875 bits per heavy atom. The number of rotatable bonds is 2. The van der Waals surface area contributed by atoms with Crippen molar-refractivity contribution in [2.45, 2.75) is 13.8 Å². The fourth-order valence-corrected chi connectivity index (χ4v) is 0.143. The summed E-state index contributed by atoms with van der Waals surface area (Å²) < 4.78 is 0. The minimum Gasteiger partial charge on any atom is -0.481 e. The smallest absolute Gasteiger partial charge is 0.328 e. The van der Waals surface area contributed by atoms with Gasteiger partial charge in [0, 0.05) is 26.0 Å². The summed E-state index contributed by atoms with van der Waals surface area (Å²) in [6.07, 6.45) is 1.12. The molecule has 8 heteroatoms. The molecule has 0 radical (unpaired) electrons. The van der Waals surface area contributed by atoms with Gasteiger partial charge in [-0.1, -0.05) is 0 Å². The third-order valence-electron chi connectivity index (χ3n) is 0.368. The van der Waals surface area contributed by atoms with Crippen molar-refractivity contribution < 1.29 is 39.6 Å². The molecule has 8 nitrogen and oxygen atoms in total. The van der Waals surface area contributed by atoms with Gasteiger partial charge in [0.1, 0.15) is 0 Å². The molecular weight excluding hydrogens is 224 g/mol. The highest BCUT2D eigenvalue weighted by atomic mass is 16.4. The summed E-state index contributed by atoms with van der Waals surface area (Å²) in [7, 11) is 0. The molecule has 0 fully saturated rings. The van der Waals surface area contributed by atoms with E-state index in [9.17, 15) is 9.59 Å². The van der Waals surface area contributed by atoms with Gasteiger partial charge in [-0.05, 0) is 0 Å². The predicted molar refractivity (Wildman–Crippen MR) is 51.0 cm³/mol. The highest BCUT2D eigenvalue weighted by Crippen LogP contribution is 1.70. The Morgan fingerprint density at radius 2 is 0.812 bits per heavy atom. The lowest BCUT2D eigenvalue weighted by Gasteiger charge is -1.74. The molecule has 0 rings (SSSR count). The quantitative estimate of drug-likeness (QED) is 0.485. The van der Waals surface area contributed by atoms with Gasteiger partial charge in [-0.25, -0.2) is 9.59 Å². The van der Waals surface area contributed by atoms with Crippen molar-refractivity contribution in [2.24, 2.45) is 0 Å². The summed E-state index contributed by atoms with van der Waals surface area (Å²) in [6, 6.07) is 0. The molecule has 0 aromatic carbocycles. The van der Waals surface area contributed by atoms with Crippen LogP contribution in [0.3, 0.4) is 0 Å². The van der Waals surface area contributed by atoms with Crippen LogP contribution in [0, 0.1) is 0 Å². The van der Waals surface area contributed by atoms with Crippen LogP contribution in [0.25, 0.3) is 0 Å². The van der Waals surface area contributed by atoms with Crippen LogP contribution < -0.4 is 0 Å². The normalized spacial score (nSPS) is 7.88. The molecule has 0 aliphatic heterocycles. The molecule has 0 aromatic rings. The Bertz CT molecular complexity index is 242. The second-order valence-electron chi connectivity index (χ2n) is 2.05. The average molecular weight is 236 g/mol. The summed E-state index contributed by atoms with van der Waals surface area (Å²) in [5.74, 6) is -4.18. The lowest BCUT2D eigenvalue weighted by molar-refractivity contribution is -0.135. The van der Waals surface area contributed by atoms with E-state index in [1.54, 1.807) is 0 Å². The second-order valence-corrected chi connectivity index (χ2v) is 2.05. The van der Waals surface area contributed by atoms with Gasteiger partial charge in [0.05, 0.1) is 0 Å². The first-order valence-corrected chi connectivity index (χ1v) is 3.62. The fraction of sp³-hybridized carbons (Fsp3) is 0.250. The maximum absolute atomic E-state index is 9.55. The molecular formula is C8H12O8. The Morgan fingerprint density at radius 1 is 0.688 bits per heavy atom. The number of hydrogen-bond donors (Lipinski definition) is 4. The Labute approximate surface area is 90.4 Å². The summed E-state index contributed by atoms with van der Waals surface area (Å²) in [6.45, 7) is 2.17. The zero-order chi connectivity index (χ0) is 13.7. The van der Waals surface area contributed by atoms with Crippen molar-refractivity contribution in [1.82, 2.24) is 0 Å². The van der Waals surface area contributed by atoms with Gasteiger partial charge in [-0.15, -0.1) is 0 Å². The third-order valence-corrected chi connectivity index (χ3v) is 0.368. The largest absolute Gasteiger partial charge is 0.481 e. The van der Waals surface area contributed by atoms with Gasteiger partial charge in [0.15, 0.2) is 0 Å². The molecule has 4 N–H and O–H groups in total. The molecule has 0 bridgehead atoms. The maximum Gasteiger partial charge on any atom is 0.328 e. The molecule has 0 aliphatic rings. The van der Waals surface area contributed by atoms with E-state index >= 15 is 0 Å². The standard InChI is InChI=1S/C4H4O4.2C2H4O2/c5-3(6)1-2-4(7)8;2*1-2(3)4/h1-2H,(H,5,6)(H,7,8);2*1H3,(H,3,4). The molecule has 0 unspecified atom stereocenters. The summed E-state index contributed by atoms with van der Waals surface area (Å²) in [5.41, 5.74) is 0. The van der Waals surface area contributed by atoms with Crippen LogP contribution in [-0.2, 0) is 19.2 Å². The van der Waals surface area contributed by atoms with Gasteiger partial charge >= 0.3 is 11.9 Å². The molecule has 0 heterocycles. The maximum atomic E-state index is 9.55. The predicted octanol–water partition coefficient (Wildman–Crippen LogP) is -0.106. The van der Waals surface area contributed by atoms with Crippen LogP contribution >= 0.6 is 0 Å². The van der Waals surface area contributed by atoms with Crippen LogP contribution in [-0.4, -0.2) is 44.3 Å². The van der Waals surface area contributed by atoms with E-state index in [0.29, 0.717) is 12.2 Å². The third kappa shape index (κ3) is 191. The molecule has 0 aliphatic carbocycles. The van der Waals surface area contributed by atoms with Gasteiger partial charge in [-0.2, -0.15) is 0 Å². The lowest BCUT2D eigenvalue weighted by Crippen LogP contribution is -1.91. The van der Waals surface area contributed by atoms with E-state index in [-0.39, 0.29) is 0 Å². The van der Waals surface area contributed by atoms with Crippen LogP contribution in [0.15, 0.2) is 12.2 Å². The Kier molecular flexibility index (Phi) is 15.2. The summed E-state index contributed by atoms with van der Waals surface area (Å²) in [4.78, 5) is 37.1. The second kappa shape index (κ2) is 12.6. The van der Waals surface area contributed by atoms with Crippen molar-refractivity contribution in [2.75, 3.05) is 0 Å². The monoisotopic (exact) mass is 236 g/mol. The highest BCUT2D eigenvalue weighted by molar-refractivity contribution is 5.89. The molecule has 0 saturated carbocycles. The SMILES string of the molecule is CC(=O)O.CC(=O)O.O=C(O)C=CC(=O)O. The van der Waals surface area contributed by atoms with E-state index in [0.717, 1.165) is 13.8 Å². The van der Waals surface area contributed by atoms with E-state index in [4.69, 9.17) is 30.0 Å². The first kappa shape index (κ1) is 19.2. The number of carbonyl (C=O) groups is 4. The van der Waals surface area contributed by atoms with Crippen LogP contribution in [0.4, 0.5) is 0 Å². The fourth-order valence-electron chi connectivity index (χ4n) is 0.143.